The van der Waals surface area contributed by atoms with E-state index in [9.17, 15) is 0 Å². The molecular formula is C26H30N2O3. The Labute approximate surface area is 184 Å². The van der Waals surface area contributed by atoms with Gasteiger partial charge in [0.25, 0.3) is 0 Å². The van der Waals surface area contributed by atoms with E-state index in [0.717, 1.165) is 54.6 Å². The Kier molecular flexibility index (Phi) is 6.60. The van der Waals surface area contributed by atoms with Crippen LogP contribution in [0.3, 0.4) is 0 Å². The molecule has 3 aromatic rings. The minimum Gasteiger partial charge on any atom is -0.490 e. The lowest BCUT2D eigenvalue weighted by Gasteiger charge is -2.28. The molecule has 0 aliphatic carbocycles. The number of benzene rings is 2. The summed E-state index contributed by atoms with van der Waals surface area (Å²) in [4.78, 5) is 2.29. The van der Waals surface area contributed by atoms with E-state index in [1.807, 2.05) is 37.3 Å². The van der Waals surface area contributed by atoms with Crippen LogP contribution in [0.15, 0.2) is 58.6 Å². The van der Waals surface area contributed by atoms with Crippen molar-refractivity contribution in [2.45, 2.75) is 33.6 Å². The highest BCUT2D eigenvalue weighted by Crippen LogP contribution is 2.28. The number of ether oxygens (including phenoxy) is 2. The molecule has 5 nitrogen and oxygen atoms in total. The van der Waals surface area contributed by atoms with E-state index in [2.05, 4.69) is 48.2 Å². The first kappa shape index (κ1) is 21.0. The molecule has 31 heavy (non-hydrogen) atoms. The quantitative estimate of drug-likeness (QED) is 0.458. The molecule has 1 aliphatic heterocycles. The SMILES string of the molecule is Cc1cccc(OCCOc2cccc(C=C3CCN(c4onc(C)c4C)CC3)c2)c1. The lowest BCUT2D eigenvalue weighted by molar-refractivity contribution is 0.217. The van der Waals surface area contributed by atoms with Crippen LogP contribution in [0.4, 0.5) is 5.88 Å². The van der Waals surface area contributed by atoms with E-state index in [1.165, 1.54) is 16.7 Å². The van der Waals surface area contributed by atoms with Gasteiger partial charge in [-0.15, -0.1) is 0 Å². The minimum atomic E-state index is 0.513. The van der Waals surface area contributed by atoms with Gasteiger partial charge in [0.05, 0.1) is 5.69 Å². The van der Waals surface area contributed by atoms with Gasteiger partial charge in [0.15, 0.2) is 0 Å². The monoisotopic (exact) mass is 418 g/mol. The van der Waals surface area contributed by atoms with E-state index in [1.54, 1.807) is 0 Å². The Morgan fingerprint density at radius 2 is 1.61 bits per heavy atom. The second kappa shape index (κ2) is 9.73. The van der Waals surface area contributed by atoms with E-state index in [-0.39, 0.29) is 0 Å². The van der Waals surface area contributed by atoms with Crippen LogP contribution in [-0.4, -0.2) is 31.5 Å². The molecule has 0 unspecified atom stereocenters. The topological polar surface area (TPSA) is 47.7 Å². The van der Waals surface area contributed by atoms with Gasteiger partial charge in [0.1, 0.15) is 24.7 Å². The Hall–Kier alpha value is -3.21. The molecule has 0 atom stereocenters. The molecule has 0 bridgehead atoms. The summed E-state index contributed by atoms with van der Waals surface area (Å²) in [5, 5.41) is 4.09. The van der Waals surface area contributed by atoms with Crippen LogP contribution in [0, 0.1) is 20.8 Å². The van der Waals surface area contributed by atoms with Gasteiger partial charge in [0.2, 0.25) is 5.88 Å². The van der Waals surface area contributed by atoms with Gasteiger partial charge in [-0.05, 0) is 69.0 Å². The molecule has 4 rings (SSSR count). The van der Waals surface area contributed by atoms with Crippen LogP contribution in [0.5, 0.6) is 11.5 Å². The molecule has 0 N–H and O–H groups in total. The molecule has 0 amide bonds. The smallest absolute Gasteiger partial charge is 0.230 e. The van der Waals surface area contributed by atoms with Gasteiger partial charge in [-0.3, -0.25) is 0 Å². The van der Waals surface area contributed by atoms with Crippen molar-refractivity contribution in [3.8, 4) is 11.5 Å². The second-order valence-electron chi connectivity index (χ2n) is 8.07. The maximum atomic E-state index is 5.90. The number of hydrogen-bond donors (Lipinski definition) is 0. The predicted octanol–water partition coefficient (Wildman–Crippen LogP) is 5.74. The van der Waals surface area contributed by atoms with Crippen LogP contribution in [0.25, 0.3) is 6.08 Å². The van der Waals surface area contributed by atoms with Crippen LogP contribution in [-0.2, 0) is 0 Å². The summed E-state index contributed by atoms with van der Waals surface area (Å²) in [6.07, 6.45) is 4.33. The number of nitrogens with zero attached hydrogens (tertiary/aromatic N) is 2. The molecule has 1 fully saturated rings. The third-order valence-corrected chi connectivity index (χ3v) is 5.66. The number of anilines is 1. The number of hydrogen-bond acceptors (Lipinski definition) is 5. The summed E-state index contributed by atoms with van der Waals surface area (Å²) in [5.41, 5.74) is 5.93. The van der Waals surface area contributed by atoms with Crippen LogP contribution in [0.2, 0.25) is 0 Å². The fourth-order valence-corrected chi connectivity index (χ4v) is 3.79. The first-order chi connectivity index (χ1) is 15.1. The molecule has 2 aromatic carbocycles. The van der Waals surface area contributed by atoms with Crippen molar-refractivity contribution in [1.82, 2.24) is 5.16 Å². The lowest BCUT2D eigenvalue weighted by atomic mass is 10.0. The molecule has 0 saturated carbocycles. The molecule has 1 saturated heterocycles. The van der Waals surface area contributed by atoms with Gasteiger partial charge in [-0.2, -0.15) is 0 Å². The van der Waals surface area contributed by atoms with Crippen molar-refractivity contribution in [3.63, 3.8) is 0 Å². The molecule has 162 valence electrons. The Morgan fingerprint density at radius 1 is 0.935 bits per heavy atom. The highest BCUT2D eigenvalue weighted by Gasteiger charge is 2.20. The average Bonchev–Trinajstić information content (AvgIpc) is 3.11. The Bertz CT molecular complexity index is 1040. The Morgan fingerprint density at radius 3 is 2.26 bits per heavy atom. The summed E-state index contributed by atoms with van der Waals surface area (Å²) < 4.78 is 17.2. The summed E-state index contributed by atoms with van der Waals surface area (Å²) in [6, 6.07) is 16.3. The van der Waals surface area contributed by atoms with Crippen molar-refractivity contribution in [2.24, 2.45) is 0 Å². The molecule has 0 radical (unpaired) electrons. The summed E-state index contributed by atoms with van der Waals surface area (Å²) in [5.74, 6) is 2.66. The molecule has 1 aliphatic rings. The van der Waals surface area contributed by atoms with Crippen molar-refractivity contribution < 1.29 is 14.0 Å². The van der Waals surface area contributed by atoms with E-state index in [4.69, 9.17) is 14.0 Å². The zero-order valence-electron chi connectivity index (χ0n) is 18.6. The van der Waals surface area contributed by atoms with Crippen molar-refractivity contribution in [2.75, 3.05) is 31.2 Å². The van der Waals surface area contributed by atoms with E-state index in [0.29, 0.717) is 13.2 Å². The highest BCUT2D eigenvalue weighted by molar-refractivity contribution is 5.56. The van der Waals surface area contributed by atoms with Gasteiger partial charge < -0.3 is 18.9 Å². The van der Waals surface area contributed by atoms with Crippen LogP contribution in [0.1, 0.15) is 35.2 Å². The zero-order chi connectivity index (χ0) is 21.6. The number of aromatic nitrogens is 1. The van der Waals surface area contributed by atoms with Crippen molar-refractivity contribution >= 4 is 12.0 Å². The highest BCUT2D eigenvalue weighted by atomic mass is 16.5. The maximum Gasteiger partial charge on any atom is 0.230 e. The third kappa shape index (κ3) is 5.48. The summed E-state index contributed by atoms with van der Waals surface area (Å²) >= 11 is 0. The van der Waals surface area contributed by atoms with Crippen molar-refractivity contribution in [1.29, 1.82) is 0 Å². The van der Waals surface area contributed by atoms with Gasteiger partial charge >= 0.3 is 0 Å². The summed E-state index contributed by atoms with van der Waals surface area (Å²) in [6.45, 7) is 9.06. The average molecular weight is 419 g/mol. The third-order valence-electron chi connectivity index (χ3n) is 5.66. The van der Waals surface area contributed by atoms with Gasteiger partial charge in [-0.1, -0.05) is 41.1 Å². The normalized spacial score (nSPS) is 13.9. The number of aryl methyl sites for hydroxylation is 2. The Balaban J connectivity index is 1.28. The second-order valence-corrected chi connectivity index (χ2v) is 8.07. The molecule has 1 aromatic heterocycles. The van der Waals surface area contributed by atoms with Crippen LogP contribution < -0.4 is 14.4 Å². The van der Waals surface area contributed by atoms with Gasteiger partial charge in [0, 0.05) is 18.7 Å². The molecular weight excluding hydrogens is 388 g/mol. The van der Waals surface area contributed by atoms with Crippen LogP contribution >= 0.6 is 0 Å². The summed E-state index contributed by atoms with van der Waals surface area (Å²) in [7, 11) is 0. The first-order valence-electron chi connectivity index (χ1n) is 10.9. The van der Waals surface area contributed by atoms with Gasteiger partial charge in [-0.25, -0.2) is 0 Å². The predicted molar refractivity (Wildman–Crippen MR) is 124 cm³/mol. The standard InChI is InChI=1S/C26H30N2O3/c1-19-6-4-8-24(16-19)29-14-15-30-25-9-5-7-23(18-25)17-22-10-12-28(13-11-22)26-20(2)21(3)27-31-26/h4-9,16-18H,10-15H2,1-3H3. The number of rotatable bonds is 7. The fraction of sp³-hybridized carbons (Fsp3) is 0.346. The molecule has 2 heterocycles. The largest absolute Gasteiger partial charge is 0.490 e. The maximum absolute atomic E-state index is 5.90. The molecule has 5 heteroatoms. The fourth-order valence-electron chi connectivity index (χ4n) is 3.79. The van der Waals surface area contributed by atoms with E-state index >= 15 is 0 Å². The lowest BCUT2D eigenvalue weighted by Crippen LogP contribution is -2.30. The zero-order valence-corrected chi connectivity index (χ0v) is 18.6. The molecule has 0 spiro atoms. The van der Waals surface area contributed by atoms with Crippen molar-refractivity contribution in [3.05, 3.63) is 76.5 Å². The number of piperidine rings is 1. The minimum absolute atomic E-state index is 0.513. The van der Waals surface area contributed by atoms with E-state index < -0.39 is 0 Å². The first-order valence-corrected chi connectivity index (χ1v) is 10.9.